The molecule has 2 amide bonds. The predicted octanol–water partition coefficient (Wildman–Crippen LogP) is 3.96. The molecule has 23 heavy (non-hydrogen) atoms. The highest BCUT2D eigenvalue weighted by atomic mass is 28.4. The Morgan fingerprint density at radius 1 is 1.48 bits per heavy atom. The van der Waals surface area contributed by atoms with Gasteiger partial charge in [-0.05, 0) is 30.5 Å². The molecule has 0 spiro atoms. The number of rotatable bonds is 6. The van der Waals surface area contributed by atoms with Crippen molar-refractivity contribution >= 4 is 20.3 Å². The molecule has 1 fully saturated rings. The lowest BCUT2D eigenvalue weighted by Gasteiger charge is -2.39. The van der Waals surface area contributed by atoms with E-state index in [4.69, 9.17) is 9.16 Å². The maximum atomic E-state index is 12.9. The Labute approximate surface area is 141 Å². The Morgan fingerprint density at radius 3 is 2.48 bits per heavy atom. The first kappa shape index (κ1) is 19.9. The molecule has 6 heteroatoms. The van der Waals surface area contributed by atoms with Gasteiger partial charge >= 0.3 is 6.09 Å². The highest BCUT2D eigenvalue weighted by molar-refractivity contribution is 6.74. The van der Waals surface area contributed by atoms with E-state index in [1.807, 2.05) is 13.8 Å². The molecule has 0 radical (unpaired) electrons. The molecule has 0 aromatic carbocycles. The van der Waals surface area contributed by atoms with E-state index in [-0.39, 0.29) is 29.5 Å². The van der Waals surface area contributed by atoms with E-state index in [1.165, 1.54) is 4.90 Å². The summed E-state index contributed by atoms with van der Waals surface area (Å²) in [5, 5.41) is -0.0182. The standard InChI is InChI=1S/C17H31NO4Si/c1-9-10-14(22-23(7,8)17(4,5)6)15(19)18-13(12(2)3)11-21-16(18)20/h9,12-14H,1,10-11H2,2-8H3/t13-,14-/m0/s1. The van der Waals surface area contributed by atoms with Crippen molar-refractivity contribution in [2.75, 3.05) is 6.61 Å². The highest BCUT2D eigenvalue weighted by Crippen LogP contribution is 2.38. The smallest absolute Gasteiger partial charge is 0.417 e. The van der Waals surface area contributed by atoms with Gasteiger partial charge in [0, 0.05) is 0 Å². The number of ether oxygens (including phenoxy) is 1. The minimum atomic E-state index is -2.14. The molecule has 0 aliphatic carbocycles. The number of hydrogen-bond acceptors (Lipinski definition) is 4. The van der Waals surface area contributed by atoms with E-state index in [9.17, 15) is 9.59 Å². The summed E-state index contributed by atoms with van der Waals surface area (Å²) < 4.78 is 11.3. The zero-order valence-electron chi connectivity index (χ0n) is 15.5. The second kappa shape index (κ2) is 7.17. The van der Waals surface area contributed by atoms with Gasteiger partial charge in [-0.25, -0.2) is 9.69 Å². The average molecular weight is 342 g/mol. The first-order valence-corrected chi connectivity index (χ1v) is 11.1. The number of carbonyl (C=O) groups excluding carboxylic acids is 2. The van der Waals surface area contributed by atoms with Crippen molar-refractivity contribution in [3.8, 4) is 0 Å². The fraction of sp³-hybridized carbons (Fsp3) is 0.765. The second-order valence-electron chi connectivity index (χ2n) is 7.99. The summed E-state index contributed by atoms with van der Waals surface area (Å²) in [7, 11) is -2.14. The van der Waals surface area contributed by atoms with Gasteiger partial charge < -0.3 is 9.16 Å². The van der Waals surface area contributed by atoms with Crippen molar-refractivity contribution in [1.29, 1.82) is 0 Å². The minimum Gasteiger partial charge on any atom is -0.447 e. The first-order valence-electron chi connectivity index (χ1n) is 8.21. The molecule has 0 aromatic rings. The van der Waals surface area contributed by atoms with Gasteiger partial charge in [-0.3, -0.25) is 4.79 Å². The molecule has 0 unspecified atom stereocenters. The molecule has 2 atom stereocenters. The molecule has 0 aromatic heterocycles. The Morgan fingerprint density at radius 2 is 2.04 bits per heavy atom. The maximum absolute atomic E-state index is 12.9. The third-order valence-corrected chi connectivity index (χ3v) is 9.30. The van der Waals surface area contributed by atoms with Crippen molar-refractivity contribution in [3.63, 3.8) is 0 Å². The zero-order valence-corrected chi connectivity index (χ0v) is 16.5. The van der Waals surface area contributed by atoms with Gasteiger partial charge in [0.05, 0.1) is 6.04 Å². The van der Waals surface area contributed by atoms with Crippen LogP contribution in [0.1, 0.15) is 41.0 Å². The fourth-order valence-corrected chi connectivity index (χ4v) is 3.48. The Bertz CT molecular complexity index is 468. The molecular weight excluding hydrogens is 310 g/mol. The van der Waals surface area contributed by atoms with Crippen molar-refractivity contribution in [3.05, 3.63) is 12.7 Å². The molecule has 1 aliphatic heterocycles. The van der Waals surface area contributed by atoms with Gasteiger partial charge in [0.1, 0.15) is 12.7 Å². The first-order chi connectivity index (χ1) is 10.4. The van der Waals surface area contributed by atoms with Gasteiger partial charge in [-0.15, -0.1) is 6.58 Å². The van der Waals surface area contributed by atoms with Gasteiger partial charge in [0.2, 0.25) is 0 Å². The van der Waals surface area contributed by atoms with Crippen LogP contribution in [0.25, 0.3) is 0 Å². The largest absolute Gasteiger partial charge is 0.447 e. The summed E-state index contributed by atoms with van der Waals surface area (Å²) >= 11 is 0. The molecular formula is C17H31NO4Si. The second-order valence-corrected chi connectivity index (χ2v) is 12.7. The lowest BCUT2D eigenvalue weighted by Crippen LogP contribution is -2.52. The fourth-order valence-electron chi connectivity index (χ4n) is 2.22. The number of carbonyl (C=O) groups is 2. The number of nitrogens with zero attached hydrogens (tertiary/aromatic N) is 1. The van der Waals surface area contributed by atoms with E-state index >= 15 is 0 Å². The quantitative estimate of drug-likeness (QED) is 0.542. The number of amides is 2. The monoisotopic (exact) mass is 341 g/mol. The lowest BCUT2D eigenvalue weighted by atomic mass is 10.0. The minimum absolute atomic E-state index is 0.0182. The Balaban J connectivity index is 3.03. The van der Waals surface area contributed by atoms with Gasteiger partial charge in [-0.1, -0.05) is 40.7 Å². The Hall–Kier alpha value is -1.14. The van der Waals surface area contributed by atoms with Crippen LogP contribution in [-0.4, -0.2) is 44.0 Å². The molecule has 1 saturated heterocycles. The lowest BCUT2D eigenvalue weighted by molar-refractivity contribution is -0.137. The van der Waals surface area contributed by atoms with E-state index in [2.05, 4.69) is 40.4 Å². The molecule has 1 rings (SSSR count). The zero-order chi connectivity index (χ0) is 18.0. The third kappa shape index (κ3) is 4.44. The predicted molar refractivity (Wildman–Crippen MR) is 93.7 cm³/mol. The van der Waals surface area contributed by atoms with Crippen LogP contribution in [0, 0.1) is 5.92 Å². The van der Waals surface area contributed by atoms with Gasteiger partial charge in [0.15, 0.2) is 8.32 Å². The summed E-state index contributed by atoms with van der Waals surface area (Å²) in [6.07, 6.45) is 0.809. The Kier molecular flexibility index (Phi) is 6.21. The van der Waals surface area contributed by atoms with Crippen LogP contribution >= 0.6 is 0 Å². The van der Waals surface area contributed by atoms with Crippen molar-refractivity contribution in [2.24, 2.45) is 5.92 Å². The van der Waals surface area contributed by atoms with E-state index in [0.29, 0.717) is 6.42 Å². The number of cyclic esters (lactones) is 1. The van der Waals surface area contributed by atoms with E-state index in [0.717, 1.165) is 0 Å². The summed E-state index contributed by atoms with van der Waals surface area (Å²) in [5.41, 5.74) is 0. The molecule has 132 valence electrons. The van der Waals surface area contributed by atoms with Crippen molar-refractivity contribution < 1.29 is 18.8 Å². The van der Waals surface area contributed by atoms with Crippen LogP contribution in [0.15, 0.2) is 12.7 Å². The molecule has 1 aliphatic rings. The molecule has 1 heterocycles. The normalized spacial score (nSPS) is 20.6. The van der Waals surface area contributed by atoms with Crippen LogP contribution in [0.4, 0.5) is 4.79 Å². The van der Waals surface area contributed by atoms with Gasteiger partial charge in [0.25, 0.3) is 5.91 Å². The topological polar surface area (TPSA) is 55.8 Å². The molecule has 0 saturated carbocycles. The van der Waals surface area contributed by atoms with Crippen molar-refractivity contribution in [2.45, 2.75) is 71.3 Å². The van der Waals surface area contributed by atoms with E-state index < -0.39 is 20.5 Å². The SMILES string of the molecule is C=CC[C@H](O[Si](C)(C)C(C)(C)C)C(=O)N1C(=O)OC[C@H]1C(C)C. The summed E-state index contributed by atoms with van der Waals surface area (Å²) in [6, 6.07) is -0.231. The highest BCUT2D eigenvalue weighted by Gasteiger charge is 2.45. The average Bonchev–Trinajstić information content (AvgIpc) is 2.78. The molecule has 5 nitrogen and oxygen atoms in total. The summed E-state index contributed by atoms with van der Waals surface area (Å²) in [4.78, 5) is 26.2. The third-order valence-electron chi connectivity index (χ3n) is 4.81. The van der Waals surface area contributed by atoms with Crippen LogP contribution in [0.2, 0.25) is 18.1 Å². The molecule has 0 N–H and O–H groups in total. The van der Waals surface area contributed by atoms with Crippen LogP contribution in [-0.2, 0) is 14.0 Å². The van der Waals surface area contributed by atoms with Crippen molar-refractivity contribution in [1.82, 2.24) is 4.90 Å². The van der Waals surface area contributed by atoms with Crippen LogP contribution in [0.5, 0.6) is 0 Å². The number of hydrogen-bond donors (Lipinski definition) is 0. The maximum Gasteiger partial charge on any atom is 0.417 e. The van der Waals surface area contributed by atoms with Crippen LogP contribution in [0.3, 0.4) is 0 Å². The van der Waals surface area contributed by atoms with E-state index in [1.54, 1.807) is 6.08 Å². The number of imide groups is 1. The molecule has 0 bridgehead atoms. The summed E-state index contributed by atoms with van der Waals surface area (Å²) in [6.45, 7) is 18.5. The summed E-state index contributed by atoms with van der Waals surface area (Å²) in [5.74, 6) is -0.168. The van der Waals surface area contributed by atoms with Crippen LogP contribution < -0.4 is 0 Å². The van der Waals surface area contributed by atoms with Gasteiger partial charge in [-0.2, -0.15) is 0 Å².